The van der Waals surface area contributed by atoms with E-state index in [1.54, 1.807) is 11.3 Å². The number of amides is 1. The topological polar surface area (TPSA) is 97.0 Å². The summed E-state index contributed by atoms with van der Waals surface area (Å²) in [6.45, 7) is 4.00. The van der Waals surface area contributed by atoms with Gasteiger partial charge in [-0.25, -0.2) is 0 Å². The molecule has 26 heavy (non-hydrogen) atoms. The van der Waals surface area contributed by atoms with Crippen LogP contribution in [0.2, 0.25) is 0 Å². The SMILES string of the molecule is Cc1nnc(NC(=O)[C@@H]2CCCN(Cc3nc(-c4cccs4)no3)C2)s1. The largest absolute Gasteiger partial charge is 0.338 e. The van der Waals surface area contributed by atoms with E-state index in [1.165, 1.54) is 11.3 Å². The van der Waals surface area contributed by atoms with E-state index in [9.17, 15) is 4.79 Å². The smallest absolute Gasteiger partial charge is 0.241 e. The molecule has 4 heterocycles. The van der Waals surface area contributed by atoms with Gasteiger partial charge in [-0.05, 0) is 37.8 Å². The molecule has 1 atom stereocenters. The number of anilines is 1. The van der Waals surface area contributed by atoms with Crippen molar-refractivity contribution in [2.24, 2.45) is 5.92 Å². The lowest BCUT2D eigenvalue weighted by Crippen LogP contribution is -2.40. The maximum atomic E-state index is 12.5. The molecule has 0 unspecified atom stereocenters. The molecule has 1 fully saturated rings. The lowest BCUT2D eigenvalue weighted by Gasteiger charge is -2.30. The quantitative estimate of drug-likeness (QED) is 0.715. The van der Waals surface area contributed by atoms with Crippen molar-refractivity contribution in [3.8, 4) is 10.7 Å². The third-order valence-electron chi connectivity index (χ3n) is 4.20. The number of aromatic nitrogens is 4. The number of hydrogen-bond donors (Lipinski definition) is 1. The Morgan fingerprint density at radius 3 is 3.15 bits per heavy atom. The maximum Gasteiger partial charge on any atom is 0.241 e. The molecule has 0 bridgehead atoms. The molecule has 1 amide bonds. The van der Waals surface area contributed by atoms with E-state index < -0.39 is 0 Å². The number of hydrogen-bond acceptors (Lipinski definition) is 9. The number of thiophene rings is 1. The van der Waals surface area contributed by atoms with Crippen LogP contribution in [0.4, 0.5) is 5.13 Å². The fraction of sp³-hybridized carbons (Fsp3) is 0.438. The van der Waals surface area contributed by atoms with E-state index in [1.807, 2.05) is 24.4 Å². The van der Waals surface area contributed by atoms with Crippen molar-refractivity contribution in [3.05, 3.63) is 28.4 Å². The minimum Gasteiger partial charge on any atom is -0.338 e. The highest BCUT2D eigenvalue weighted by atomic mass is 32.1. The van der Waals surface area contributed by atoms with Crippen LogP contribution >= 0.6 is 22.7 Å². The molecule has 4 rings (SSSR count). The van der Waals surface area contributed by atoms with Gasteiger partial charge in [0, 0.05) is 6.54 Å². The fourth-order valence-electron chi connectivity index (χ4n) is 2.98. The molecular formula is C16H18N6O2S2. The van der Waals surface area contributed by atoms with Crippen LogP contribution in [-0.4, -0.2) is 44.2 Å². The van der Waals surface area contributed by atoms with E-state index in [0.29, 0.717) is 29.9 Å². The average Bonchev–Trinajstić information content (AvgIpc) is 3.37. The summed E-state index contributed by atoms with van der Waals surface area (Å²) < 4.78 is 5.37. The normalized spacial score (nSPS) is 18.1. The number of aryl methyl sites for hydroxylation is 1. The van der Waals surface area contributed by atoms with Gasteiger partial charge in [0.15, 0.2) is 0 Å². The second-order valence-corrected chi connectivity index (χ2v) is 8.31. The highest BCUT2D eigenvalue weighted by Gasteiger charge is 2.27. The number of rotatable bonds is 5. The molecule has 3 aromatic rings. The van der Waals surface area contributed by atoms with Crippen LogP contribution in [0.1, 0.15) is 23.7 Å². The Labute approximate surface area is 158 Å². The summed E-state index contributed by atoms with van der Waals surface area (Å²) >= 11 is 2.97. The molecular weight excluding hydrogens is 372 g/mol. The zero-order chi connectivity index (χ0) is 17.9. The lowest BCUT2D eigenvalue weighted by molar-refractivity contribution is -0.121. The van der Waals surface area contributed by atoms with Crippen LogP contribution in [0.15, 0.2) is 22.0 Å². The Kier molecular flexibility index (Phi) is 5.05. The van der Waals surface area contributed by atoms with Crippen LogP contribution in [0.25, 0.3) is 10.7 Å². The first kappa shape index (κ1) is 17.3. The van der Waals surface area contributed by atoms with Crippen LogP contribution in [-0.2, 0) is 11.3 Å². The molecule has 3 aromatic heterocycles. The predicted molar refractivity (Wildman–Crippen MR) is 98.9 cm³/mol. The highest BCUT2D eigenvalue weighted by molar-refractivity contribution is 7.15. The van der Waals surface area contributed by atoms with Crippen molar-refractivity contribution in [1.29, 1.82) is 0 Å². The molecule has 1 N–H and O–H groups in total. The number of piperidine rings is 1. The third-order valence-corrected chi connectivity index (χ3v) is 5.82. The maximum absolute atomic E-state index is 12.5. The number of nitrogens with zero attached hydrogens (tertiary/aromatic N) is 5. The molecule has 10 heteroatoms. The average molecular weight is 390 g/mol. The predicted octanol–water partition coefficient (Wildman–Crippen LogP) is 2.81. The summed E-state index contributed by atoms with van der Waals surface area (Å²) in [7, 11) is 0. The van der Waals surface area contributed by atoms with E-state index in [4.69, 9.17) is 4.52 Å². The van der Waals surface area contributed by atoms with Gasteiger partial charge in [0.05, 0.1) is 17.3 Å². The Hall–Kier alpha value is -2.17. The van der Waals surface area contributed by atoms with Gasteiger partial charge in [-0.15, -0.1) is 21.5 Å². The summed E-state index contributed by atoms with van der Waals surface area (Å²) in [4.78, 5) is 20.1. The molecule has 0 saturated carbocycles. The Morgan fingerprint density at radius 2 is 2.38 bits per heavy atom. The van der Waals surface area contributed by atoms with Gasteiger partial charge in [0.25, 0.3) is 0 Å². The Bertz CT molecular complexity index is 875. The molecule has 0 aliphatic carbocycles. The van der Waals surface area contributed by atoms with Crippen LogP contribution in [0, 0.1) is 12.8 Å². The molecule has 1 aliphatic heterocycles. The first-order valence-corrected chi connectivity index (χ1v) is 10.1. The second kappa shape index (κ2) is 7.60. The van der Waals surface area contributed by atoms with Gasteiger partial charge >= 0.3 is 0 Å². The minimum atomic E-state index is -0.0763. The van der Waals surface area contributed by atoms with E-state index >= 15 is 0 Å². The molecule has 0 radical (unpaired) electrons. The lowest BCUT2D eigenvalue weighted by atomic mass is 9.97. The monoisotopic (exact) mass is 390 g/mol. The number of carbonyl (C=O) groups excluding carboxylic acids is 1. The summed E-state index contributed by atoms with van der Waals surface area (Å²) in [5.41, 5.74) is 0. The van der Waals surface area contributed by atoms with Crippen molar-refractivity contribution < 1.29 is 9.32 Å². The van der Waals surface area contributed by atoms with Crippen molar-refractivity contribution in [3.63, 3.8) is 0 Å². The Morgan fingerprint density at radius 1 is 1.46 bits per heavy atom. The van der Waals surface area contributed by atoms with Gasteiger partial charge in [-0.1, -0.05) is 22.6 Å². The molecule has 8 nitrogen and oxygen atoms in total. The summed E-state index contributed by atoms with van der Waals surface area (Å²) in [6, 6.07) is 3.93. The summed E-state index contributed by atoms with van der Waals surface area (Å²) in [6.07, 6.45) is 1.82. The zero-order valence-electron chi connectivity index (χ0n) is 14.2. The summed E-state index contributed by atoms with van der Waals surface area (Å²) in [5, 5.41) is 18.2. The second-order valence-electron chi connectivity index (χ2n) is 6.18. The number of likely N-dealkylation sites (tertiary alicyclic amines) is 1. The molecule has 1 aliphatic rings. The zero-order valence-corrected chi connectivity index (χ0v) is 15.8. The van der Waals surface area contributed by atoms with Crippen molar-refractivity contribution in [2.45, 2.75) is 26.3 Å². The fourth-order valence-corrected chi connectivity index (χ4v) is 4.23. The standard InChI is InChI=1S/C16H18N6O2S2/c1-10-19-20-16(26-10)18-15(23)11-4-2-6-22(8-11)9-13-17-14(21-24-13)12-5-3-7-25-12/h3,5,7,11H,2,4,6,8-9H2,1H3,(H,18,20,23)/t11-/m1/s1. The van der Waals surface area contributed by atoms with Crippen LogP contribution in [0.3, 0.4) is 0 Å². The number of carbonyl (C=O) groups is 1. The van der Waals surface area contributed by atoms with Crippen molar-refractivity contribution >= 4 is 33.7 Å². The molecule has 1 saturated heterocycles. The van der Waals surface area contributed by atoms with Gasteiger partial charge in [0.1, 0.15) is 5.01 Å². The van der Waals surface area contributed by atoms with Gasteiger partial charge < -0.3 is 9.84 Å². The van der Waals surface area contributed by atoms with E-state index in [-0.39, 0.29) is 11.8 Å². The molecule has 0 aromatic carbocycles. The van der Waals surface area contributed by atoms with Crippen LogP contribution < -0.4 is 5.32 Å². The van der Waals surface area contributed by atoms with Gasteiger partial charge in [-0.3, -0.25) is 9.69 Å². The minimum absolute atomic E-state index is 0.00402. The van der Waals surface area contributed by atoms with Crippen LogP contribution in [0.5, 0.6) is 0 Å². The van der Waals surface area contributed by atoms with E-state index in [2.05, 4.69) is 30.6 Å². The van der Waals surface area contributed by atoms with Gasteiger partial charge in [-0.2, -0.15) is 4.98 Å². The first-order valence-electron chi connectivity index (χ1n) is 8.37. The van der Waals surface area contributed by atoms with Crippen molar-refractivity contribution in [2.75, 3.05) is 18.4 Å². The van der Waals surface area contributed by atoms with Gasteiger partial charge in [0.2, 0.25) is 22.8 Å². The molecule has 136 valence electrons. The molecule has 0 spiro atoms. The third kappa shape index (κ3) is 3.97. The highest BCUT2D eigenvalue weighted by Crippen LogP contribution is 2.24. The summed E-state index contributed by atoms with van der Waals surface area (Å²) in [5.74, 6) is 1.12. The Balaban J connectivity index is 1.35. The van der Waals surface area contributed by atoms with Crippen molar-refractivity contribution in [1.82, 2.24) is 25.2 Å². The number of nitrogens with one attached hydrogen (secondary N) is 1. The van der Waals surface area contributed by atoms with E-state index in [0.717, 1.165) is 29.3 Å². The first-order chi connectivity index (χ1) is 12.7.